The first-order chi connectivity index (χ1) is 18.0. The molecule has 3 fully saturated rings. The van der Waals surface area contributed by atoms with E-state index in [0.29, 0.717) is 35.2 Å². The Morgan fingerprint density at radius 1 is 1.21 bits per heavy atom. The van der Waals surface area contributed by atoms with Crippen molar-refractivity contribution in [2.24, 2.45) is 10.9 Å². The van der Waals surface area contributed by atoms with Gasteiger partial charge in [0.15, 0.2) is 12.1 Å². The average molecular weight is 543 g/mol. The van der Waals surface area contributed by atoms with Gasteiger partial charge in [-0.1, -0.05) is 31.7 Å². The van der Waals surface area contributed by atoms with Gasteiger partial charge in [0.1, 0.15) is 13.1 Å². The van der Waals surface area contributed by atoms with E-state index >= 15 is 0 Å². The molecule has 1 aromatic rings. The summed E-state index contributed by atoms with van der Waals surface area (Å²) < 4.78 is 32.0. The van der Waals surface area contributed by atoms with Crippen molar-refractivity contribution >= 4 is 33.2 Å². The van der Waals surface area contributed by atoms with Crippen LogP contribution in [0, 0.1) is 5.92 Å². The van der Waals surface area contributed by atoms with Gasteiger partial charge in [-0.25, -0.2) is 13.2 Å². The number of fused-ring (bicyclic) bond motifs is 3. The van der Waals surface area contributed by atoms with Crippen LogP contribution in [-0.4, -0.2) is 74.9 Å². The highest BCUT2D eigenvalue weighted by Crippen LogP contribution is 2.36. The van der Waals surface area contributed by atoms with Gasteiger partial charge in [-0.2, -0.15) is 0 Å². The molecule has 0 radical (unpaired) electrons. The van der Waals surface area contributed by atoms with E-state index < -0.39 is 16.1 Å². The number of carbonyl (C=O) groups is 2. The number of hydrogen-bond donors (Lipinski definition) is 1. The smallest absolute Gasteiger partial charge is 0.336 e. The zero-order valence-electron chi connectivity index (χ0n) is 22.9. The summed E-state index contributed by atoms with van der Waals surface area (Å²) >= 11 is 0. The Balaban J connectivity index is 1.74. The zero-order valence-corrected chi connectivity index (χ0v) is 23.7. The van der Waals surface area contributed by atoms with Crippen LogP contribution in [0.1, 0.15) is 50.4 Å². The number of benzene rings is 1. The Bertz CT molecular complexity index is 1220. The fraction of sp³-hybridized carbons (Fsp3) is 0.483. The third kappa shape index (κ3) is 7.51. The molecule has 0 saturated carbocycles. The van der Waals surface area contributed by atoms with Crippen molar-refractivity contribution < 1.29 is 27.2 Å². The van der Waals surface area contributed by atoms with Crippen LogP contribution in [0.4, 0.5) is 5.69 Å². The van der Waals surface area contributed by atoms with E-state index in [2.05, 4.69) is 16.3 Å². The summed E-state index contributed by atoms with van der Waals surface area (Å²) in [4.78, 5) is 31.3. The van der Waals surface area contributed by atoms with Crippen LogP contribution in [0.5, 0.6) is 0 Å². The average Bonchev–Trinajstić information content (AvgIpc) is 2.88. The summed E-state index contributed by atoms with van der Waals surface area (Å²) in [6.45, 7) is 12.2. The van der Waals surface area contributed by atoms with Crippen LogP contribution < -0.4 is 4.72 Å². The first-order valence-electron chi connectivity index (χ1n) is 13.2. The molecule has 2 bridgehead atoms. The lowest BCUT2D eigenvalue weighted by Crippen LogP contribution is -2.66. The molecular weight excluding hydrogens is 502 g/mol. The van der Waals surface area contributed by atoms with Crippen LogP contribution in [-0.2, 0) is 19.6 Å². The third-order valence-electron chi connectivity index (χ3n) is 7.42. The van der Waals surface area contributed by atoms with Gasteiger partial charge in [0.2, 0.25) is 15.8 Å². The summed E-state index contributed by atoms with van der Waals surface area (Å²) in [6.07, 6.45) is 10.6. The van der Waals surface area contributed by atoms with E-state index in [1.165, 1.54) is 0 Å². The molecule has 2 atom stereocenters. The number of allylic oxidation sites excluding steroid dienone is 3. The number of carbonyl (C=O) groups excluding carboxylic acids is 2. The zero-order chi connectivity index (χ0) is 27.9. The fourth-order valence-electron chi connectivity index (χ4n) is 5.38. The number of Topliss-reactive ketones (excluding diaryl/α,β-unsaturated/α-hetero) is 1. The Labute approximate surface area is 226 Å². The van der Waals surface area contributed by atoms with E-state index in [-0.39, 0.29) is 23.8 Å². The first kappa shape index (κ1) is 29.5. The summed E-state index contributed by atoms with van der Waals surface area (Å²) in [5.74, 6) is -0.103. The SMILES string of the molecule is C=CC(CC)=NC(C(=O)OC1C[N+]2(CC(=O)c3ccc(NS(C)(=O)=O)cc3)CCC1CC2)C(C=CC)=CC. The van der Waals surface area contributed by atoms with Gasteiger partial charge in [-0.05, 0) is 56.2 Å². The summed E-state index contributed by atoms with van der Waals surface area (Å²) in [5, 5.41) is 0. The third-order valence-corrected chi connectivity index (χ3v) is 8.03. The molecule has 2 unspecified atom stereocenters. The van der Waals surface area contributed by atoms with Gasteiger partial charge < -0.3 is 9.22 Å². The molecule has 3 saturated heterocycles. The van der Waals surface area contributed by atoms with Gasteiger partial charge in [-0.15, -0.1) is 0 Å². The number of nitrogens with one attached hydrogen (secondary N) is 1. The largest absolute Gasteiger partial charge is 0.454 e. The molecule has 3 heterocycles. The van der Waals surface area contributed by atoms with Crippen molar-refractivity contribution in [2.45, 2.75) is 52.2 Å². The quantitative estimate of drug-likeness (QED) is 0.139. The maximum absolute atomic E-state index is 13.4. The van der Waals surface area contributed by atoms with E-state index in [0.717, 1.165) is 43.5 Å². The van der Waals surface area contributed by atoms with Gasteiger partial charge >= 0.3 is 5.97 Å². The topological polar surface area (TPSA) is 102 Å². The number of hydrogen-bond acceptors (Lipinski definition) is 6. The van der Waals surface area contributed by atoms with E-state index in [9.17, 15) is 18.0 Å². The molecule has 1 aromatic carbocycles. The number of piperidine rings is 3. The first-order valence-corrected chi connectivity index (χ1v) is 15.1. The molecule has 3 aliphatic heterocycles. The Hall–Kier alpha value is -3.04. The van der Waals surface area contributed by atoms with Crippen molar-refractivity contribution in [1.29, 1.82) is 0 Å². The summed E-state index contributed by atoms with van der Waals surface area (Å²) in [7, 11) is -3.38. The molecule has 1 N–H and O–H groups in total. The monoisotopic (exact) mass is 542 g/mol. The second-order valence-corrected chi connectivity index (χ2v) is 11.9. The summed E-state index contributed by atoms with van der Waals surface area (Å²) in [5.41, 5.74) is 2.48. The number of ketones is 1. The van der Waals surface area contributed by atoms with E-state index in [1.807, 2.05) is 39.0 Å². The minimum Gasteiger partial charge on any atom is -0.454 e. The molecule has 3 aliphatic rings. The Morgan fingerprint density at radius 2 is 1.87 bits per heavy atom. The van der Waals surface area contributed by atoms with Crippen molar-refractivity contribution in [2.75, 3.05) is 37.2 Å². The van der Waals surface area contributed by atoms with Crippen LogP contribution in [0.25, 0.3) is 0 Å². The molecule has 4 rings (SSSR count). The second-order valence-electron chi connectivity index (χ2n) is 10.2. The van der Waals surface area contributed by atoms with Gasteiger partial charge in [0.25, 0.3) is 0 Å². The Kier molecular flexibility index (Phi) is 9.84. The molecule has 9 heteroatoms. The number of sulfonamides is 1. The highest BCUT2D eigenvalue weighted by Gasteiger charge is 2.49. The van der Waals surface area contributed by atoms with Crippen LogP contribution in [0.3, 0.4) is 0 Å². The van der Waals surface area contributed by atoms with Crippen molar-refractivity contribution in [3.63, 3.8) is 0 Å². The molecule has 0 spiro atoms. The Morgan fingerprint density at radius 3 is 2.39 bits per heavy atom. The highest BCUT2D eigenvalue weighted by atomic mass is 32.2. The molecule has 0 amide bonds. The standard InChI is InChI=1S/C29H39N3O5S/c1-6-10-21(7-2)28(30-24(8-3)9-4)29(34)37-27-20-32(17-15-23(27)16-18-32)19-26(33)22-11-13-25(14-12-22)31-38(5,35)36/h6-8,10-14,23,27-28H,3,9,15-20H2,1-2,4-5H3/p+1. The predicted molar refractivity (Wildman–Crippen MR) is 152 cm³/mol. The lowest BCUT2D eigenvalue weighted by atomic mass is 9.82. The number of anilines is 1. The number of nitrogens with zero attached hydrogens (tertiary/aromatic N) is 2. The van der Waals surface area contributed by atoms with E-state index in [1.54, 1.807) is 30.3 Å². The molecule has 38 heavy (non-hydrogen) atoms. The second kappa shape index (κ2) is 12.7. The normalized spacial score (nSPS) is 24.7. The lowest BCUT2D eigenvalue weighted by molar-refractivity contribution is -0.938. The highest BCUT2D eigenvalue weighted by molar-refractivity contribution is 7.92. The predicted octanol–water partition coefficient (Wildman–Crippen LogP) is 4.32. The number of ether oxygens (including phenoxy) is 1. The molecule has 0 aliphatic carbocycles. The number of quaternary nitrogens is 1. The number of esters is 1. The van der Waals surface area contributed by atoms with E-state index in [4.69, 9.17) is 4.74 Å². The fourth-order valence-corrected chi connectivity index (χ4v) is 5.94. The molecular formula is C29H40N3O5S+. The molecule has 206 valence electrons. The van der Waals surface area contributed by atoms with Crippen LogP contribution in [0.15, 0.2) is 65.7 Å². The minimum absolute atomic E-state index is 0.00772. The summed E-state index contributed by atoms with van der Waals surface area (Å²) in [6, 6.07) is 5.73. The van der Waals surface area contributed by atoms with Gasteiger partial charge in [-0.3, -0.25) is 14.5 Å². The molecule has 0 aromatic heterocycles. The minimum atomic E-state index is -3.38. The molecule has 8 nitrogen and oxygen atoms in total. The van der Waals surface area contributed by atoms with Crippen molar-refractivity contribution in [1.82, 2.24) is 0 Å². The van der Waals surface area contributed by atoms with Crippen molar-refractivity contribution in [3.8, 4) is 0 Å². The maximum atomic E-state index is 13.4. The van der Waals surface area contributed by atoms with Crippen LogP contribution >= 0.6 is 0 Å². The number of rotatable bonds is 12. The maximum Gasteiger partial charge on any atom is 0.336 e. The van der Waals surface area contributed by atoms with Crippen LogP contribution in [0.2, 0.25) is 0 Å². The van der Waals surface area contributed by atoms with Gasteiger partial charge in [0.05, 0.1) is 19.3 Å². The number of aliphatic imine (C=N–C) groups is 1. The van der Waals surface area contributed by atoms with Gasteiger partial charge in [0, 0.05) is 35.7 Å². The van der Waals surface area contributed by atoms with Crippen molar-refractivity contribution in [3.05, 3.63) is 66.3 Å². The lowest BCUT2D eigenvalue weighted by Gasteiger charge is -2.51.